The van der Waals surface area contributed by atoms with Gasteiger partial charge in [-0.05, 0) is 11.6 Å². The number of nitrogens with zero attached hydrogens (tertiary/aromatic N) is 4. The van der Waals surface area contributed by atoms with Crippen LogP contribution in [0, 0.1) is 0 Å². The lowest BCUT2D eigenvalue weighted by atomic mass is 9.95. The van der Waals surface area contributed by atoms with Crippen LogP contribution in [0.3, 0.4) is 0 Å². The van der Waals surface area contributed by atoms with Crippen LogP contribution in [0.25, 0.3) is 0 Å². The van der Waals surface area contributed by atoms with Gasteiger partial charge in [-0.3, -0.25) is 9.69 Å². The molecule has 0 aromatic carbocycles. The van der Waals surface area contributed by atoms with Crippen LogP contribution in [0.4, 0.5) is 5.82 Å². The molecule has 3 rings (SSSR count). The molecule has 6 nitrogen and oxygen atoms in total. The second-order valence-electron chi connectivity index (χ2n) is 7.97. The average Bonchev–Trinajstić information content (AvgIpc) is 2.55. The minimum absolute atomic E-state index is 0.000653. The van der Waals surface area contributed by atoms with Crippen LogP contribution in [0.2, 0.25) is 0 Å². The number of pyridine rings is 1. The maximum Gasteiger partial charge on any atom is 0.255 e. The molecule has 0 saturated heterocycles. The summed E-state index contributed by atoms with van der Waals surface area (Å²) in [6.07, 6.45) is 2.72. The van der Waals surface area contributed by atoms with Crippen molar-refractivity contribution in [2.24, 2.45) is 0 Å². The largest absolute Gasteiger partial charge is 0.363 e. The molecule has 0 amide bonds. The van der Waals surface area contributed by atoms with E-state index in [0.717, 1.165) is 48.0 Å². The number of aromatic amines is 1. The summed E-state index contributed by atoms with van der Waals surface area (Å²) in [6.45, 7) is 8.53. The van der Waals surface area contributed by atoms with Gasteiger partial charge in [-0.15, -0.1) is 0 Å². The lowest BCUT2D eigenvalue weighted by Crippen LogP contribution is -2.37. The Morgan fingerprint density at radius 2 is 2.04 bits per heavy atom. The Balaban J connectivity index is 1.76. The van der Waals surface area contributed by atoms with Crippen LogP contribution in [0.15, 0.2) is 23.1 Å². The van der Waals surface area contributed by atoms with E-state index in [9.17, 15) is 4.79 Å². The highest BCUT2D eigenvalue weighted by atomic mass is 16.1. The third kappa shape index (κ3) is 3.90. The van der Waals surface area contributed by atoms with E-state index in [0.29, 0.717) is 6.54 Å². The zero-order chi connectivity index (χ0) is 18.2. The Morgan fingerprint density at radius 3 is 2.64 bits per heavy atom. The van der Waals surface area contributed by atoms with Gasteiger partial charge in [0.1, 0.15) is 11.6 Å². The van der Waals surface area contributed by atoms with E-state index in [1.54, 1.807) is 0 Å². The maximum atomic E-state index is 12.5. The monoisotopic (exact) mass is 341 g/mol. The topological polar surface area (TPSA) is 65.1 Å². The van der Waals surface area contributed by atoms with Crippen LogP contribution in [-0.4, -0.2) is 40.5 Å². The van der Waals surface area contributed by atoms with Crippen LogP contribution < -0.4 is 10.5 Å². The molecule has 1 N–H and O–H groups in total. The number of aromatic nitrogens is 3. The number of fused-ring (bicyclic) bond motifs is 1. The summed E-state index contributed by atoms with van der Waals surface area (Å²) in [4.78, 5) is 28.9. The van der Waals surface area contributed by atoms with Crippen LogP contribution >= 0.6 is 0 Å². The SMILES string of the molecule is CN(C)c1ccc(CN2CCc3nc(C(C)(C)C)[nH]c(=O)c3C2)cn1. The summed E-state index contributed by atoms with van der Waals surface area (Å²) in [5, 5.41) is 0. The highest BCUT2D eigenvalue weighted by Crippen LogP contribution is 2.21. The molecule has 1 aliphatic rings. The summed E-state index contributed by atoms with van der Waals surface area (Å²) in [6, 6.07) is 4.13. The van der Waals surface area contributed by atoms with E-state index in [-0.39, 0.29) is 11.0 Å². The van der Waals surface area contributed by atoms with E-state index in [4.69, 9.17) is 4.98 Å². The van der Waals surface area contributed by atoms with Gasteiger partial charge in [0.05, 0.1) is 11.3 Å². The first-order valence-electron chi connectivity index (χ1n) is 8.71. The molecular weight excluding hydrogens is 314 g/mol. The molecule has 0 atom stereocenters. The summed E-state index contributed by atoms with van der Waals surface area (Å²) in [5.74, 6) is 1.72. The van der Waals surface area contributed by atoms with Gasteiger partial charge in [-0.1, -0.05) is 26.8 Å². The van der Waals surface area contributed by atoms with Crippen molar-refractivity contribution >= 4 is 5.82 Å². The van der Waals surface area contributed by atoms with E-state index in [2.05, 4.69) is 41.7 Å². The number of hydrogen-bond donors (Lipinski definition) is 1. The van der Waals surface area contributed by atoms with E-state index in [1.807, 2.05) is 31.3 Å². The van der Waals surface area contributed by atoms with Gasteiger partial charge in [0, 0.05) is 51.8 Å². The molecule has 2 aromatic rings. The van der Waals surface area contributed by atoms with Crippen molar-refractivity contribution < 1.29 is 0 Å². The molecule has 0 unspecified atom stereocenters. The molecule has 0 fully saturated rings. The molecule has 0 saturated carbocycles. The van der Waals surface area contributed by atoms with Gasteiger partial charge in [-0.25, -0.2) is 9.97 Å². The zero-order valence-corrected chi connectivity index (χ0v) is 15.8. The van der Waals surface area contributed by atoms with Crippen molar-refractivity contribution in [3.8, 4) is 0 Å². The fourth-order valence-electron chi connectivity index (χ4n) is 3.00. The number of hydrogen-bond acceptors (Lipinski definition) is 5. The normalized spacial score (nSPS) is 15.1. The first-order chi connectivity index (χ1) is 11.7. The molecule has 0 spiro atoms. The summed E-state index contributed by atoms with van der Waals surface area (Å²) >= 11 is 0. The van der Waals surface area contributed by atoms with Gasteiger partial charge in [0.25, 0.3) is 5.56 Å². The summed E-state index contributed by atoms with van der Waals surface area (Å²) in [5.41, 5.74) is 2.76. The van der Waals surface area contributed by atoms with Crippen molar-refractivity contribution in [1.82, 2.24) is 19.9 Å². The summed E-state index contributed by atoms with van der Waals surface area (Å²) < 4.78 is 0. The Hall–Kier alpha value is -2.21. The molecule has 0 aliphatic carbocycles. The third-order valence-electron chi connectivity index (χ3n) is 4.53. The second-order valence-corrected chi connectivity index (χ2v) is 7.97. The molecule has 1 aliphatic heterocycles. The standard InChI is InChI=1S/C19H27N5O/c1-19(2,3)18-21-15-8-9-24(12-14(15)17(25)22-18)11-13-6-7-16(20-10-13)23(4)5/h6-7,10H,8-9,11-12H2,1-5H3,(H,21,22,25). The average molecular weight is 341 g/mol. The number of anilines is 1. The Kier molecular flexibility index (Phi) is 4.64. The van der Waals surface area contributed by atoms with Crippen LogP contribution in [-0.2, 0) is 24.9 Å². The third-order valence-corrected chi connectivity index (χ3v) is 4.53. The van der Waals surface area contributed by atoms with Crippen molar-refractivity contribution in [2.75, 3.05) is 25.5 Å². The predicted molar refractivity (Wildman–Crippen MR) is 99.9 cm³/mol. The van der Waals surface area contributed by atoms with Gasteiger partial charge < -0.3 is 9.88 Å². The number of rotatable bonds is 3. The maximum absolute atomic E-state index is 12.5. The summed E-state index contributed by atoms with van der Waals surface area (Å²) in [7, 11) is 3.96. The highest BCUT2D eigenvalue weighted by molar-refractivity contribution is 5.37. The molecule has 0 bridgehead atoms. The molecule has 6 heteroatoms. The van der Waals surface area contributed by atoms with Crippen molar-refractivity contribution in [1.29, 1.82) is 0 Å². The van der Waals surface area contributed by atoms with Gasteiger partial charge in [-0.2, -0.15) is 0 Å². The number of H-pyrrole nitrogens is 1. The lowest BCUT2D eigenvalue weighted by Gasteiger charge is -2.29. The first-order valence-corrected chi connectivity index (χ1v) is 8.71. The van der Waals surface area contributed by atoms with Crippen LogP contribution in [0.1, 0.15) is 43.4 Å². The Labute approximate surface area is 148 Å². The van der Waals surface area contributed by atoms with Gasteiger partial charge in [0.15, 0.2) is 0 Å². The van der Waals surface area contributed by atoms with Crippen molar-refractivity contribution in [3.05, 3.63) is 51.3 Å². The van der Waals surface area contributed by atoms with E-state index < -0.39 is 0 Å². The predicted octanol–water partition coefficient (Wildman–Crippen LogP) is 2.09. The number of nitrogens with one attached hydrogen (secondary N) is 1. The minimum atomic E-state index is -0.148. The fraction of sp³-hybridized carbons (Fsp3) is 0.526. The van der Waals surface area contributed by atoms with Gasteiger partial charge in [0.2, 0.25) is 0 Å². The molecule has 25 heavy (non-hydrogen) atoms. The zero-order valence-electron chi connectivity index (χ0n) is 15.8. The molecule has 2 aromatic heterocycles. The molecular formula is C19H27N5O. The second kappa shape index (κ2) is 6.59. The van der Waals surface area contributed by atoms with E-state index in [1.165, 1.54) is 0 Å². The Bertz CT molecular complexity index is 802. The van der Waals surface area contributed by atoms with Gasteiger partial charge >= 0.3 is 0 Å². The highest BCUT2D eigenvalue weighted by Gasteiger charge is 2.24. The van der Waals surface area contributed by atoms with Crippen molar-refractivity contribution in [3.63, 3.8) is 0 Å². The fourth-order valence-corrected chi connectivity index (χ4v) is 3.00. The quantitative estimate of drug-likeness (QED) is 0.926. The van der Waals surface area contributed by atoms with E-state index >= 15 is 0 Å². The van der Waals surface area contributed by atoms with Crippen molar-refractivity contribution in [2.45, 2.75) is 45.7 Å². The lowest BCUT2D eigenvalue weighted by molar-refractivity contribution is 0.240. The Morgan fingerprint density at radius 1 is 1.28 bits per heavy atom. The minimum Gasteiger partial charge on any atom is -0.363 e. The van der Waals surface area contributed by atoms with Crippen LogP contribution in [0.5, 0.6) is 0 Å². The first kappa shape index (κ1) is 17.6. The smallest absolute Gasteiger partial charge is 0.255 e. The molecule has 0 radical (unpaired) electrons. The molecule has 134 valence electrons. The molecule has 3 heterocycles.